The van der Waals surface area contributed by atoms with E-state index in [0.717, 1.165) is 5.56 Å². The molecule has 1 rings (SSSR count). The van der Waals surface area contributed by atoms with Crippen LogP contribution in [0.2, 0.25) is 0 Å². The van der Waals surface area contributed by atoms with Crippen LogP contribution in [0.4, 0.5) is 0 Å². The number of phosphoric acid groups is 1. The van der Waals surface area contributed by atoms with Gasteiger partial charge in [-0.25, -0.2) is 0 Å². The second kappa shape index (κ2) is 5.27. The SMILES string of the molecule is C=Cc1ccc(CP(=O)([O-])OP(=O)([O-])[O-])cc1. The molecule has 0 saturated carbocycles. The fourth-order valence-electron chi connectivity index (χ4n) is 1.16. The van der Waals surface area contributed by atoms with Crippen molar-refractivity contribution in [3.05, 3.63) is 42.0 Å². The summed E-state index contributed by atoms with van der Waals surface area (Å²) in [7, 11) is -10.3. The van der Waals surface area contributed by atoms with E-state index in [4.69, 9.17) is 0 Å². The molecule has 0 heterocycles. The van der Waals surface area contributed by atoms with Crippen LogP contribution in [0.25, 0.3) is 6.08 Å². The van der Waals surface area contributed by atoms with Gasteiger partial charge in [-0.2, -0.15) is 0 Å². The van der Waals surface area contributed by atoms with Crippen molar-refractivity contribution in [2.45, 2.75) is 6.16 Å². The van der Waals surface area contributed by atoms with E-state index in [1.807, 2.05) is 0 Å². The fraction of sp³-hybridized carbons (Fsp3) is 0.111. The summed E-state index contributed by atoms with van der Waals surface area (Å²) in [5, 5.41) is 0. The Hall–Kier alpha value is -0.740. The van der Waals surface area contributed by atoms with Crippen molar-refractivity contribution in [1.82, 2.24) is 0 Å². The van der Waals surface area contributed by atoms with E-state index >= 15 is 0 Å². The van der Waals surface area contributed by atoms with Crippen LogP contribution in [0.3, 0.4) is 0 Å². The van der Waals surface area contributed by atoms with E-state index in [1.165, 1.54) is 12.1 Å². The van der Waals surface area contributed by atoms with E-state index in [2.05, 4.69) is 10.9 Å². The van der Waals surface area contributed by atoms with E-state index in [0.29, 0.717) is 5.56 Å². The van der Waals surface area contributed by atoms with Gasteiger partial charge >= 0.3 is 0 Å². The molecule has 1 aromatic carbocycles. The summed E-state index contributed by atoms with van der Waals surface area (Å²) in [6.45, 7) is 3.52. The Morgan fingerprint density at radius 2 is 1.71 bits per heavy atom. The minimum Gasteiger partial charge on any atom is -0.790 e. The van der Waals surface area contributed by atoms with Gasteiger partial charge in [0.15, 0.2) is 0 Å². The molecule has 0 aliphatic rings. The molecule has 0 bridgehead atoms. The van der Waals surface area contributed by atoms with Gasteiger partial charge in [-0.15, -0.1) is 0 Å². The molecule has 0 aromatic heterocycles. The third-order valence-corrected chi connectivity index (χ3v) is 4.36. The molecular formula is C9H9O6P2-3. The lowest BCUT2D eigenvalue weighted by atomic mass is 10.1. The Morgan fingerprint density at radius 3 is 2.12 bits per heavy atom. The molecule has 0 aliphatic carbocycles. The van der Waals surface area contributed by atoms with Gasteiger partial charge in [-0.05, 0) is 11.1 Å². The van der Waals surface area contributed by atoms with Crippen LogP contribution in [0.1, 0.15) is 11.1 Å². The summed E-state index contributed by atoms with van der Waals surface area (Å²) in [6.07, 6.45) is 0.916. The molecule has 1 atom stereocenters. The Bertz CT molecular complexity index is 489. The molecule has 6 nitrogen and oxygen atoms in total. The average molecular weight is 275 g/mol. The number of rotatable bonds is 5. The first-order chi connectivity index (χ1) is 7.72. The van der Waals surface area contributed by atoms with Crippen LogP contribution in [0, 0.1) is 0 Å². The maximum Gasteiger partial charge on any atom is 0.143 e. The Kier molecular flexibility index (Phi) is 4.44. The van der Waals surface area contributed by atoms with Gasteiger partial charge in [0.1, 0.15) is 7.60 Å². The minimum atomic E-state index is -5.53. The Morgan fingerprint density at radius 1 is 1.18 bits per heavy atom. The quantitative estimate of drug-likeness (QED) is 0.711. The van der Waals surface area contributed by atoms with Crippen LogP contribution < -0.4 is 14.7 Å². The summed E-state index contributed by atoms with van der Waals surface area (Å²) < 4.78 is 24.9. The van der Waals surface area contributed by atoms with Crippen LogP contribution in [-0.2, 0) is 19.6 Å². The number of benzene rings is 1. The molecule has 0 N–H and O–H groups in total. The van der Waals surface area contributed by atoms with Crippen LogP contribution in [0.15, 0.2) is 30.8 Å². The number of hydrogen-bond acceptors (Lipinski definition) is 6. The number of hydrogen-bond donors (Lipinski definition) is 0. The summed E-state index contributed by atoms with van der Waals surface area (Å²) >= 11 is 0. The van der Waals surface area contributed by atoms with Gasteiger partial charge in [0.05, 0.1) is 7.82 Å². The van der Waals surface area contributed by atoms with Crippen LogP contribution >= 0.6 is 15.4 Å². The molecule has 0 aliphatic heterocycles. The van der Waals surface area contributed by atoms with Gasteiger partial charge in [0.25, 0.3) is 0 Å². The highest BCUT2D eigenvalue weighted by Crippen LogP contribution is 2.51. The van der Waals surface area contributed by atoms with Crippen molar-refractivity contribution in [3.63, 3.8) is 0 Å². The van der Waals surface area contributed by atoms with E-state index in [9.17, 15) is 23.8 Å². The highest BCUT2D eigenvalue weighted by atomic mass is 31.3. The highest BCUT2D eigenvalue weighted by molar-refractivity contribution is 7.61. The average Bonchev–Trinajstić information content (AvgIpc) is 2.14. The summed E-state index contributed by atoms with van der Waals surface area (Å²) in [5.74, 6) is 0. The molecule has 0 fully saturated rings. The van der Waals surface area contributed by atoms with Gasteiger partial charge in [-0.1, -0.05) is 36.9 Å². The van der Waals surface area contributed by atoms with Crippen molar-refractivity contribution in [2.75, 3.05) is 0 Å². The minimum absolute atomic E-state index is 0.322. The molecule has 17 heavy (non-hydrogen) atoms. The first-order valence-corrected chi connectivity index (χ1v) is 7.65. The maximum absolute atomic E-state index is 11.2. The first-order valence-electron chi connectivity index (χ1n) is 4.47. The molecule has 1 aromatic rings. The molecule has 0 spiro atoms. The zero-order chi connectivity index (χ0) is 13.1. The zero-order valence-corrected chi connectivity index (χ0v) is 10.4. The van der Waals surface area contributed by atoms with Crippen LogP contribution in [-0.4, -0.2) is 0 Å². The normalized spacial score (nSPS) is 15.2. The second-order valence-corrected chi connectivity index (χ2v) is 6.33. The van der Waals surface area contributed by atoms with Gasteiger partial charge in [0, 0.05) is 6.16 Å². The standard InChI is InChI=1S/C9H12O6P2/c1-2-8-3-5-9(6-4-8)7-16(10,11)15-17(12,13)14/h2-6H,1,7H2,(H,10,11)(H2,12,13,14)/p-3. The fourth-order valence-corrected chi connectivity index (χ4v) is 3.27. The third-order valence-electron chi connectivity index (χ3n) is 1.82. The molecule has 0 amide bonds. The van der Waals surface area contributed by atoms with Gasteiger partial charge in [-0.3, -0.25) is 0 Å². The van der Waals surface area contributed by atoms with Crippen molar-refractivity contribution in [2.24, 2.45) is 0 Å². The van der Waals surface area contributed by atoms with E-state index in [-0.39, 0.29) is 0 Å². The third kappa shape index (κ3) is 5.41. The molecule has 1 unspecified atom stereocenters. The van der Waals surface area contributed by atoms with Crippen molar-refractivity contribution in [3.8, 4) is 0 Å². The predicted molar refractivity (Wildman–Crippen MR) is 56.5 cm³/mol. The maximum atomic E-state index is 11.2. The Balaban J connectivity index is 2.79. The second-order valence-electron chi connectivity index (χ2n) is 3.24. The Labute approximate surface area is 98.3 Å². The molecule has 94 valence electrons. The lowest BCUT2D eigenvalue weighted by Gasteiger charge is -2.36. The van der Waals surface area contributed by atoms with Crippen LogP contribution in [0.5, 0.6) is 0 Å². The zero-order valence-electron chi connectivity index (χ0n) is 8.64. The molecule has 0 saturated heterocycles. The van der Waals surface area contributed by atoms with E-state index < -0.39 is 21.6 Å². The van der Waals surface area contributed by atoms with Crippen molar-refractivity contribution in [1.29, 1.82) is 0 Å². The first kappa shape index (κ1) is 14.3. The van der Waals surface area contributed by atoms with Crippen molar-refractivity contribution < 1.29 is 28.1 Å². The summed E-state index contributed by atoms with van der Waals surface area (Å²) in [6, 6.07) is 6.17. The summed E-state index contributed by atoms with van der Waals surface area (Å²) in [4.78, 5) is 31.6. The van der Waals surface area contributed by atoms with Crippen molar-refractivity contribution >= 4 is 21.5 Å². The van der Waals surface area contributed by atoms with Gasteiger partial charge < -0.3 is 28.1 Å². The molecule has 8 heteroatoms. The lowest BCUT2D eigenvalue weighted by Crippen LogP contribution is -2.18. The smallest absolute Gasteiger partial charge is 0.143 e. The monoisotopic (exact) mass is 275 g/mol. The largest absolute Gasteiger partial charge is 0.790 e. The molecule has 0 radical (unpaired) electrons. The highest BCUT2D eigenvalue weighted by Gasteiger charge is 2.11. The topological polar surface area (TPSA) is 113 Å². The van der Waals surface area contributed by atoms with Gasteiger partial charge in [0.2, 0.25) is 0 Å². The lowest BCUT2D eigenvalue weighted by molar-refractivity contribution is -0.337. The molecular weight excluding hydrogens is 266 g/mol. The van der Waals surface area contributed by atoms with E-state index in [1.54, 1.807) is 18.2 Å². The predicted octanol–water partition coefficient (Wildman–Crippen LogP) is 0.228. The summed E-state index contributed by atoms with van der Waals surface area (Å²) in [5.41, 5.74) is 1.11.